The van der Waals surface area contributed by atoms with E-state index in [4.69, 9.17) is 22.0 Å². The van der Waals surface area contributed by atoms with Crippen molar-refractivity contribution >= 4 is 45.9 Å². The van der Waals surface area contributed by atoms with Crippen LogP contribution in [0.3, 0.4) is 0 Å². The highest BCUT2D eigenvalue weighted by Crippen LogP contribution is 2.26. The summed E-state index contributed by atoms with van der Waals surface area (Å²) in [6.45, 7) is 1.96. The fourth-order valence-corrected chi connectivity index (χ4v) is 5.32. The largest absolute Gasteiger partial charge is 0.357 e. The molecule has 150 valence electrons. The topological polar surface area (TPSA) is 57.1 Å². The molecule has 3 heterocycles. The number of aryl methyl sites for hydroxylation is 1. The predicted octanol–water partition coefficient (Wildman–Crippen LogP) is 6.15. The van der Waals surface area contributed by atoms with Gasteiger partial charge in [0.05, 0.1) is 14.9 Å². The highest BCUT2D eigenvalue weighted by atomic mass is 35.5. The molecule has 0 radical (unpaired) electrons. The van der Waals surface area contributed by atoms with E-state index in [1.54, 1.807) is 23.5 Å². The van der Waals surface area contributed by atoms with Crippen molar-refractivity contribution in [3.63, 3.8) is 0 Å². The van der Waals surface area contributed by atoms with Gasteiger partial charge in [-0.25, -0.2) is 4.98 Å². The number of ketones is 1. The first-order valence-corrected chi connectivity index (χ1v) is 11.8. The molecule has 7 heteroatoms. The van der Waals surface area contributed by atoms with Gasteiger partial charge in [-0.3, -0.25) is 10.2 Å². The Bertz CT molecular complexity index is 1000. The number of piperidine rings is 1. The van der Waals surface area contributed by atoms with Crippen molar-refractivity contribution in [2.45, 2.75) is 32.1 Å². The third-order valence-electron chi connectivity index (χ3n) is 5.09. The Morgan fingerprint density at radius 1 is 1.10 bits per heavy atom. The lowest BCUT2D eigenvalue weighted by Crippen LogP contribution is -2.35. The molecule has 4 nitrogen and oxygen atoms in total. The Labute approximate surface area is 183 Å². The second-order valence-electron chi connectivity index (χ2n) is 7.14. The van der Waals surface area contributed by atoms with Crippen molar-refractivity contribution in [3.05, 3.63) is 62.2 Å². The van der Waals surface area contributed by atoms with E-state index in [0.29, 0.717) is 27.9 Å². The lowest BCUT2D eigenvalue weighted by molar-refractivity contribution is 0.0986. The number of likely N-dealkylation sites (tertiary alicyclic amines) is 1. The number of nitrogens with one attached hydrogen (secondary N) is 1. The van der Waals surface area contributed by atoms with E-state index < -0.39 is 0 Å². The Kier molecular flexibility index (Phi) is 6.43. The molecule has 0 bridgehead atoms. The summed E-state index contributed by atoms with van der Waals surface area (Å²) in [5.74, 6) is 0.722. The highest BCUT2D eigenvalue weighted by Gasteiger charge is 2.15. The summed E-state index contributed by atoms with van der Waals surface area (Å²) in [7, 11) is 0. The SMILES string of the molecule is N=C(c1ccc(-c2nc(CCC(=O)c3ccc(Cl)s3)cs2)cc1)N1CCCCC1. The van der Waals surface area contributed by atoms with Crippen LogP contribution in [-0.2, 0) is 6.42 Å². The molecule has 3 aromatic rings. The van der Waals surface area contributed by atoms with Crippen molar-refractivity contribution in [1.29, 1.82) is 5.41 Å². The summed E-state index contributed by atoms with van der Waals surface area (Å²) >= 11 is 8.82. The van der Waals surface area contributed by atoms with Crippen LogP contribution in [0.4, 0.5) is 0 Å². The second kappa shape index (κ2) is 9.20. The van der Waals surface area contributed by atoms with Gasteiger partial charge in [-0.05, 0) is 37.8 Å². The molecule has 0 amide bonds. The van der Waals surface area contributed by atoms with E-state index in [2.05, 4.69) is 4.90 Å². The van der Waals surface area contributed by atoms with Gasteiger partial charge in [-0.2, -0.15) is 0 Å². The second-order valence-corrected chi connectivity index (χ2v) is 9.72. The number of rotatable bonds is 6. The summed E-state index contributed by atoms with van der Waals surface area (Å²) in [6, 6.07) is 11.6. The summed E-state index contributed by atoms with van der Waals surface area (Å²) in [5, 5.41) is 11.4. The average molecular weight is 444 g/mol. The van der Waals surface area contributed by atoms with Gasteiger partial charge in [-0.1, -0.05) is 35.9 Å². The van der Waals surface area contributed by atoms with Crippen molar-refractivity contribution < 1.29 is 4.79 Å². The standard InChI is InChI=1S/C22H22ClN3OS2/c23-20-11-10-19(29-20)18(27)9-8-17-14-28-22(25-17)16-6-4-15(5-7-16)21(24)26-12-2-1-3-13-26/h4-7,10-11,14,24H,1-3,8-9,12-13H2. The van der Waals surface area contributed by atoms with Crippen LogP contribution in [-0.4, -0.2) is 34.6 Å². The highest BCUT2D eigenvalue weighted by molar-refractivity contribution is 7.18. The number of hydrogen-bond donors (Lipinski definition) is 1. The number of carbonyl (C=O) groups excluding carboxylic acids is 1. The van der Waals surface area contributed by atoms with E-state index >= 15 is 0 Å². The molecule has 1 N–H and O–H groups in total. The minimum absolute atomic E-state index is 0.108. The Morgan fingerprint density at radius 2 is 1.86 bits per heavy atom. The molecule has 1 aliphatic heterocycles. The molecular formula is C22H22ClN3OS2. The third-order valence-corrected chi connectivity index (χ3v) is 7.30. The Morgan fingerprint density at radius 3 is 2.55 bits per heavy atom. The van der Waals surface area contributed by atoms with Gasteiger partial charge in [0.1, 0.15) is 10.8 Å². The zero-order valence-corrected chi connectivity index (χ0v) is 18.4. The molecule has 0 saturated carbocycles. The number of Topliss-reactive ketones (excluding diaryl/α,β-unsaturated/α-hetero) is 1. The Balaban J connectivity index is 1.37. The minimum Gasteiger partial charge on any atom is -0.357 e. The lowest BCUT2D eigenvalue weighted by atomic mass is 10.1. The van der Waals surface area contributed by atoms with E-state index in [0.717, 1.165) is 34.9 Å². The minimum atomic E-state index is 0.108. The quantitative estimate of drug-likeness (QED) is 0.282. The lowest BCUT2D eigenvalue weighted by Gasteiger charge is -2.29. The average Bonchev–Trinajstić information content (AvgIpc) is 3.41. The zero-order valence-electron chi connectivity index (χ0n) is 16.0. The van der Waals surface area contributed by atoms with Crippen molar-refractivity contribution in [2.75, 3.05) is 13.1 Å². The van der Waals surface area contributed by atoms with Crippen LogP contribution in [0.25, 0.3) is 10.6 Å². The molecule has 4 rings (SSSR count). The molecule has 0 aliphatic carbocycles. The maximum atomic E-state index is 12.2. The number of hydrogen-bond acceptors (Lipinski definition) is 5. The van der Waals surface area contributed by atoms with Crippen LogP contribution in [0, 0.1) is 5.41 Å². The third kappa shape index (κ3) is 4.94. The van der Waals surface area contributed by atoms with Gasteiger partial charge in [0.25, 0.3) is 0 Å². The first-order valence-electron chi connectivity index (χ1n) is 9.77. The van der Waals surface area contributed by atoms with Crippen LogP contribution in [0.5, 0.6) is 0 Å². The normalized spacial score (nSPS) is 14.2. The molecular weight excluding hydrogens is 422 g/mol. The summed E-state index contributed by atoms with van der Waals surface area (Å²) < 4.78 is 0.640. The zero-order chi connectivity index (χ0) is 20.2. The van der Waals surface area contributed by atoms with Crippen LogP contribution in [0.1, 0.15) is 46.6 Å². The van der Waals surface area contributed by atoms with Crippen molar-refractivity contribution in [3.8, 4) is 10.6 Å². The molecule has 2 aromatic heterocycles. The first-order chi connectivity index (χ1) is 14.1. The van der Waals surface area contributed by atoms with Crippen molar-refractivity contribution in [2.24, 2.45) is 0 Å². The van der Waals surface area contributed by atoms with Crippen LogP contribution >= 0.6 is 34.3 Å². The van der Waals surface area contributed by atoms with Crippen LogP contribution in [0.2, 0.25) is 4.34 Å². The molecule has 0 unspecified atom stereocenters. The number of aromatic nitrogens is 1. The molecule has 1 saturated heterocycles. The van der Waals surface area contributed by atoms with Gasteiger partial charge < -0.3 is 4.90 Å². The number of benzene rings is 1. The molecule has 0 spiro atoms. The Hall–Kier alpha value is -2.02. The number of amidine groups is 1. The molecule has 1 aliphatic rings. The molecule has 29 heavy (non-hydrogen) atoms. The van der Waals surface area contributed by atoms with Gasteiger partial charge in [0.15, 0.2) is 5.78 Å². The predicted molar refractivity (Wildman–Crippen MR) is 122 cm³/mol. The smallest absolute Gasteiger partial charge is 0.173 e. The number of carbonyl (C=O) groups is 1. The van der Waals surface area contributed by atoms with Gasteiger partial charge in [0.2, 0.25) is 0 Å². The van der Waals surface area contributed by atoms with Gasteiger partial charge in [-0.15, -0.1) is 22.7 Å². The van der Waals surface area contributed by atoms with Crippen molar-refractivity contribution in [1.82, 2.24) is 9.88 Å². The number of thiophene rings is 1. The molecule has 1 fully saturated rings. The first kappa shape index (κ1) is 20.3. The van der Waals surface area contributed by atoms with Crippen LogP contribution < -0.4 is 0 Å². The summed E-state index contributed by atoms with van der Waals surface area (Å²) in [5.41, 5.74) is 2.94. The maximum absolute atomic E-state index is 12.2. The maximum Gasteiger partial charge on any atom is 0.173 e. The number of nitrogens with zero attached hydrogens (tertiary/aromatic N) is 2. The van der Waals surface area contributed by atoms with Gasteiger partial charge >= 0.3 is 0 Å². The van der Waals surface area contributed by atoms with E-state index in [-0.39, 0.29) is 5.78 Å². The van der Waals surface area contributed by atoms with E-state index in [1.807, 2.05) is 29.6 Å². The van der Waals surface area contributed by atoms with Gasteiger partial charge in [0, 0.05) is 36.0 Å². The molecule has 0 atom stereocenters. The fourth-order valence-electron chi connectivity index (χ4n) is 3.45. The monoisotopic (exact) mass is 443 g/mol. The number of halogens is 1. The van der Waals surface area contributed by atoms with E-state index in [9.17, 15) is 4.79 Å². The van der Waals surface area contributed by atoms with Crippen LogP contribution in [0.15, 0.2) is 41.8 Å². The molecule has 1 aromatic carbocycles. The number of thiazole rings is 1. The fraction of sp³-hybridized carbons (Fsp3) is 0.318. The van der Waals surface area contributed by atoms with E-state index in [1.165, 1.54) is 30.6 Å². The summed E-state index contributed by atoms with van der Waals surface area (Å²) in [4.78, 5) is 19.8. The summed E-state index contributed by atoms with van der Waals surface area (Å²) in [6.07, 6.45) is 4.67.